The Labute approximate surface area is 103 Å². The number of benzene rings is 1. The van der Waals surface area contributed by atoms with E-state index in [0.29, 0.717) is 6.54 Å². The first-order valence-corrected chi connectivity index (χ1v) is 5.72. The highest BCUT2D eigenvalue weighted by Gasteiger charge is 2.19. The predicted octanol–water partition coefficient (Wildman–Crippen LogP) is 0.706. The molecule has 4 heteroatoms. The lowest BCUT2D eigenvalue weighted by Gasteiger charge is -2.23. The largest absolute Gasteiger partial charge is 0.343 e. The van der Waals surface area contributed by atoms with Crippen molar-refractivity contribution in [3.05, 3.63) is 35.9 Å². The summed E-state index contributed by atoms with van der Waals surface area (Å²) in [5.74, 6) is -0.0435. The van der Waals surface area contributed by atoms with Gasteiger partial charge >= 0.3 is 0 Å². The molecule has 0 saturated carbocycles. The molecule has 0 fully saturated rings. The fourth-order valence-electron chi connectivity index (χ4n) is 1.50. The fraction of sp³-hybridized carbons (Fsp3) is 0.462. The van der Waals surface area contributed by atoms with Gasteiger partial charge in [-0.15, -0.1) is 0 Å². The molecule has 1 atom stereocenters. The molecule has 1 aromatic rings. The number of nitrogens with two attached hydrogens (primary N) is 1. The van der Waals surface area contributed by atoms with Crippen molar-refractivity contribution in [2.24, 2.45) is 5.73 Å². The number of carbonyl (C=O) groups excluding carboxylic acids is 1. The first-order valence-electron chi connectivity index (χ1n) is 5.72. The minimum absolute atomic E-state index is 0.0435. The molecule has 0 aliphatic carbocycles. The molecule has 94 valence electrons. The van der Waals surface area contributed by atoms with Crippen LogP contribution in [0.5, 0.6) is 0 Å². The molecule has 0 saturated heterocycles. The molecule has 0 bridgehead atoms. The highest BCUT2D eigenvalue weighted by atomic mass is 16.2. The van der Waals surface area contributed by atoms with Crippen LogP contribution < -0.4 is 5.73 Å². The van der Waals surface area contributed by atoms with Crippen molar-refractivity contribution in [1.82, 2.24) is 9.80 Å². The Balaban J connectivity index is 2.57. The normalized spacial score (nSPS) is 12.5. The molecular formula is C13H21N3O. The van der Waals surface area contributed by atoms with Crippen molar-refractivity contribution in [2.45, 2.75) is 6.04 Å². The Morgan fingerprint density at radius 1 is 1.18 bits per heavy atom. The number of carbonyl (C=O) groups is 1. The lowest BCUT2D eigenvalue weighted by Crippen LogP contribution is -2.39. The number of hydrogen-bond donors (Lipinski definition) is 1. The summed E-state index contributed by atoms with van der Waals surface area (Å²) in [6, 6.07) is 8.88. The Morgan fingerprint density at radius 3 is 2.29 bits per heavy atom. The summed E-state index contributed by atoms with van der Waals surface area (Å²) < 4.78 is 0. The monoisotopic (exact) mass is 235 g/mol. The van der Waals surface area contributed by atoms with Gasteiger partial charge in [0.05, 0.1) is 0 Å². The van der Waals surface area contributed by atoms with Crippen LogP contribution in [-0.4, -0.2) is 49.9 Å². The maximum atomic E-state index is 12.0. The summed E-state index contributed by atoms with van der Waals surface area (Å²) in [6.45, 7) is 1.52. The average molecular weight is 235 g/mol. The topological polar surface area (TPSA) is 49.6 Å². The van der Waals surface area contributed by atoms with E-state index in [1.54, 1.807) is 11.9 Å². The van der Waals surface area contributed by atoms with Gasteiger partial charge in [0, 0.05) is 20.1 Å². The van der Waals surface area contributed by atoms with E-state index in [0.717, 1.165) is 12.1 Å². The zero-order valence-electron chi connectivity index (χ0n) is 10.8. The van der Waals surface area contributed by atoms with E-state index in [1.807, 2.05) is 49.3 Å². The molecule has 0 radical (unpaired) electrons. The average Bonchev–Trinajstić information content (AvgIpc) is 2.35. The van der Waals surface area contributed by atoms with Crippen molar-refractivity contribution in [3.8, 4) is 0 Å². The summed E-state index contributed by atoms with van der Waals surface area (Å²) in [5, 5.41) is 0. The van der Waals surface area contributed by atoms with Crippen molar-refractivity contribution >= 4 is 5.91 Å². The number of rotatable bonds is 5. The molecule has 17 heavy (non-hydrogen) atoms. The van der Waals surface area contributed by atoms with Crippen molar-refractivity contribution in [2.75, 3.05) is 34.2 Å². The summed E-state index contributed by atoms with van der Waals surface area (Å²) in [7, 11) is 5.75. The molecule has 4 nitrogen and oxygen atoms in total. The van der Waals surface area contributed by atoms with E-state index < -0.39 is 6.04 Å². The maximum absolute atomic E-state index is 12.0. The third-order valence-corrected chi connectivity index (χ3v) is 2.68. The van der Waals surface area contributed by atoms with Gasteiger partial charge in [-0.2, -0.15) is 0 Å². The van der Waals surface area contributed by atoms with Gasteiger partial charge in [-0.3, -0.25) is 4.79 Å². The lowest BCUT2D eigenvalue weighted by atomic mass is 10.1. The van der Waals surface area contributed by atoms with Crippen LogP contribution in [0.25, 0.3) is 0 Å². The fourth-order valence-corrected chi connectivity index (χ4v) is 1.50. The zero-order chi connectivity index (χ0) is 12.8. The van der Waals surface area contributed by atoms with Crippen LogP contribution in [0.15, 0.2) is 30.3 Å². The van der Waals surface area contributed by atoms with Gasteiger partial charge in [0.15, 0.2) is 0 Å². The number of amides is 1. The van der Waals surface area contributed by atoms with E-state index in [2.05, 4.69) is 0 Å². The van der Waals surface area contributed by atoms with Crippen LogP contribution in [0, 0.1) is 0 Å². The third kappa shape index (κ3) is 4.17. The lowest BCUT2D eigenvalue weighted by molar-refractivity contribution is -0.131. The van der Waals surface area contributed by atoms with Gasteiger partial charge in [-0.25, -0.2) is 0 Å². The number of hydrogen-bond acceptors (Lipinski definition) is 3. The Morgan fingerprint density at radius 2 is 1.76 bits per heavy atom. The summed E-state index contributed by atoms with van der Waals surface area (Å²) in [4.78, 5) is 15.8. The highest BCUT2D eigenvalue weighted by molar-refractivity contribution is 5.82. The molecule has 1 rings (SSSR count). The molecule has 2 N–H and O–H groups in total. The zero-order valence-corrected chi connectivity index (χ0v) is 10.8. The Kier molecular flexibility index (Phi) is 5.12. The van der Waals surface area contributed by atoms with Crippen LogP contribution in [0.1, 0.15) is 11.6 Å². The van der Waals surface area contributed by atoms with Gasteiger partial charge in [0.2, 0.25) is 5.91 Å². The Bertz CT molecular complexity index is 351. The smallest absolute Gasteiger partial charge is 0.243 e. The molecule has 1 unspecified atom stereocenters. The van der Waals surface area contributed by atoms with Crippen molar-refractivity contribution in [3.63, 3.8) is 0 Å². The van der Waals surface area contributed by atoms with Crippen LogP contribution in [0.4, 0.5) is 0 Å². The van der Waals surface area contributed by atoms with Crippen LogP contribution >= 0.6 is 0 Å². The van der Waals surface area contributed by atoms with Gasteiger partial charge < -0.3 is 15.5 Å². The quantitative estimate of drug-likeness (QED) is 0.817. The van der Waals surface area contributed by atoms with E-state index in [-0.39, 0.29) is 5.91 Å². The van der Waals surface area contributed by atoms with Gasteiger partial charge in [0.25, 0.3) is 0 Å². The molecule has 1 amide bonds. The molecule has 0 aliphatic rings. The molecule has 0 aliphatic heterocycles. The van der Waals surface area contributed by atoms with Gasteiger partial charge in [-0.05, 0) is 19.7 Å². The second-order valence-electron chi connectivity index (χ2n) is 4.45. The molecule has 0 spiro atoms. The van der Waals surface area contributed by atoms with Gasteiger partial charge in [0.1, 0.15) is 6.04 Å². The predicted molar refractivity (Wildman–Crippen MR) is 69.6 cm³/mol. The Hall–Kier alpha value is -1.39. The maximum Gasteiger partial charge on any atom is 0.243 e. The summed E-state index contributed by atoms with van der Waals surface area (Å²) in [6.07, 6.45) is 0. The van der Waals surface area contributed by atoms with E-state index in [4.69, 9.17) is 5.73 Å². The molecule has 1 aromatic carbocycles. The third-order valence-electron chi connectivity index (χ3n) is 2.68. The van der Waals surface area contributed by atoms with Crippen LogP contribution in [0.3, 0.4) is 0 Å². The second kappa shape index (κ2) is 6.37. The first kappa shape index (κ1) is 13.7. The van der Waals surface area contributed by atoms with Crippen molar-refractivity contribution < 1.29 is 4.79 Å². The number of nitrogens with zero attached hydrogens (tertiary/aromatic N) is 2. The molecular weight excluding hydrogens is 214 g/mol. The highest BCUT2D eigenvalue weighted by Crippen LogP contribution is 2.11. The van der Waals surface area contributed by atoms with E-state index >= 15 is 0 Å². The summed E-state index contributed by atoms with van der Waals surface area (Å²) >= 11 is 0. The minimum atomic E-state index is -0.566. The minimum Gasteiger partial charge on any atom is -0.343 e. The second-order valence-corrected chi connectivity index (χ2v) is 4.45. The molecule has 0 heterocycles. The number of likely N-dealkylation sites (N-methyl/N-ethyl adjacent to an activating group) is 2. The summed E-state index contributed by atoms with van der Waals surface area (Å²) in [5.41, 5.74) is 6.80. The van der Waals surface area contributed by atoms with Crippen LogP contribution in [-0.2, 0) is 4.79 Å². The SMILES string of the molecule is CN(C)CCN(C)C(=O)C(N)c1ccccc1. The first-order chi connectivity index (χ1) is 8.02. The van der Waals surface area contributed by atoms with E-state index in [1.165, 1.54) is 0 Å². The van der Waals surface area contributed by atoms with Crippen LogP contribution in [0.2, 0.25) is 0 Å². The molecule has 0 aromatic heterocycles. The van der Waals surface area contributed by atoms with Gasteiger partial charge in [-0.1, -0.05) is 30.3 Å². The van der Waals surface area contributed by atoms with Crippen molar-refractivity contribution in [1.29, 1.82) is 0 Å². The standard InChI is InChI=1S/C13H21N3O/c1-15(2)9-10-16(3)13(17)12(14)11-7-5-4-6-8-11/h4-8,12H,9-10,14H2,1-3H3. The van der Waals surface area contributed by atoms with E-state index in [9.17, 15) is 4.79 Å².